The minimum absolute atomic E-state index is 0. The molecule has 0 bridgehead atoms. The van der Waals surface area contributed by atoms with Crippen LogP contribution in [0.25, 0.3) is 0 Å². The number of carboxylic acid groups (broad SMARTS) is 1. The first-order valence-electron chi connectivity index (χ1n) is 8.51. The summed E-state index contributed by atoms with van der Waals surface area (Å²) in [6, 6.07) is 5.20. The Morgan fingerprint density at radius 3 is 2.58 bits per heavy atom. The SMILES string of the molecule is Cc1ccc(CNC(=O)CN2CCC(N(C)CC(=O)O)CC2)cc1F.Cl. The van der Waals surface area contributed by atoms with Crippen LogP contribution >= 0.6 is 12.4 Å². The fraction of sp³-hybridized carbons (Fsp3) is 0.556. The predicted molar refractivity (Wildman–Crippen MR) is 100.0 cm³/mol. The van der Waals surface area contributed by atoms with Crippen LogP contribution in [0.3, 0.4) is 0 Å². The van der Waals surface area contributed by atoms with E-state index in [1.165, 1.54) is 6.07 Å². The van der Waals surface area contributed by atoms with Gasteiger partial charge >= 0.3 is 5.97 Å². The lowest BCUT2D eigenvalue weighted by Gasteiger charge is -2.35. The van der Waals surface area contributed by atoms with Crippen molar-refractivity contribution in [2.45, 2.75) is 32.4 Å². The maximum absolute atomic E-state index is 13.5. The zero-order valence-corrected chi connectivity index (χ0v) is 16.0. The average Bonchev–Trinajstić information content (AvgIpc) is 2.56. The van der Waals surface area contributed by atoms with Gasteiger partial charge < -0.3 is 10.4 Å². The van der Waals surface area contributed by atoms with E-state index in [4.69, 9.17) is 5.11 Å². The minimum atomic E-state index is -0.822. The first-order chi connectivity index (χ1) is 11.8. The molecule has 1 aromatic carbocycles. The monoisotopic (exact) mass is 387 g/mol. The second kappa shape index (κ2) is 10.4. The Balaban J connectivity index is 0.00000338. The fourth-order valence-electron chi connectivity index (χ4n) is 3.07. The highest BCUT2D eigenvalue weighted by atomic mass is 35.5. The summed E-state index contributed by atoms with van der Waals surface area (Å²) in [7, 11) is 1.82. The van der Waals surface area contributed by atoms with Crippen LogP contribution in [0.2, 0.25) is 0 Å². The van der Waals surface area contributed by atoms with Crippen LogP contribution in [0.4, 0.5) is 4.39 Å². The lowest BCUT2D eigenvalue weighted by atomic mass is 10.0. The molecular weight excluding hydrogens is 361 g/mol. The predicted octanol–water partition coefficient (Wildman–Crippen LogP) is 1.65. The number of rotatable bonds is 7. The molecule has 146 valence electrons. The van der Waals surface area contributed by atoms with Crippen molar-refractivity contribution in [2.24, 2.45) is 0 Å². The molecule has 0 saturated carbocycles. The normalized spacial score (nSPS) is 15.5. The number of aryl methyl sites for hydroxylation is 1. The van der Waals surface area contributed by atoms with Gasteiger partial charge in [-0.1, -0.05) is 12.1 Å². The number of carbonyl (C=O) groups is 2. The van der Waals surface area contributed by atoms with Crippen LogP contribution in [0.5, 0.6) is 0 Å². The Morgan fingerprint density at radius 1 is 1.35 bits per heavy atom. The van der Waals surface area contributed by atoms with Crippen LogP contribution in [0, 0.1) is 12.7 Å². The van der Waals surface area contributed by atoms with Crippen molar-refractivity contribution in [3.05, 3.63) is 35.1 Å². The number of carboxylic acids is 1. The molecule has 0 atom stereocenters. The number of hydrogen-bond donors (Lipinski definition) is 2. The fourth-order valence-corrected chi connectivity index (χ4v) is 3.07. The van der Waals surface area contributed by atoms with Gasteiger partial charge in [0.2, 0.25) is 5.91 Å². The van der Waals surface area contributed by atoms with Gasteiger partial charge in [0, 0.05) is 25.7 Å². The Kier molecular flexibility index (Phi) is 8.98. The molecule has 1 fully saturated rings. The number of aliphatic carboxylic acids is 1. The molecule has 0 radical (unpaired) electrons. The van der Waals surface area contributed by atoms with Crippen molar-refractivity contribution in [1.29, 1.82) is 0 Å². The molecule has 0 spiro atoms. The second-order valence-corrected chi connectivity index (χ2v) is 6.68. The summed E-state index contributed by atoms with van der Waals surface area (Å²) in [5.41, 5.74) is 1.33. The number of piperidine rings is 1. The number of benzene rings is 1. The van der Waals surface area contributed by atoms with Crippen LogP contribution in [0.1, 0.15) is 24.0 Å². The molecule has 0 aliphatic carbocycles. The molecule has 1 aromatic rings. The number of carbonyl (C=O) groups excluding carboxylic acids is 1. The highest BCUT2D eigenvalue weighted by Gasteiger charge is 2.24. The van der Waals surface area contributed by atoms with Gasteiger partial charge in [0.1, 0.15) is 5.82 Å². The van der Waals surface area contributed by atoms with Crippen molar-refractivity contribution < 1.29 is 19.1 Å². The molecule has 1 amide bonds. The van der Waals surface area contributed by atoms with E-state index in [1.807, 2.05) is 18.0 Å². The number of likely N-dealkylation sites (N-methyl/N-ethyl adjacent to an activating group) is 1. The van der Waals surface area contributed by atoms with E-state index in [0.29, 0.717) is 18.7 Å². The molecule has 1 heterocycles. The van der Waals surface area contributed by atoms with E-state index in [-0.39, 0.29) is 36.7 Å². The van der Waals surface area contributed by atoms with E-state index in [1.54, 1.807) is 13.0 Å². The van der Waals surface area contributed by atoms with Gasteiger partial charge in [0.25, 0.3) is 0 Å². The molecule has 26 heavy (non-hydrogen) atoms. The number of halogens is 2. The molecule has 8 heteroatoms. The lowest BCUT2D eigenvalue weighted by molar-refractivity contribution is -0.138. The van der Waals surface area contributed by atoms with Crippen LogP contribution in [0.15, 0.2) is 18.2 Å². The Labute approximate surface area is 159 Å². The molecule has 6 nitrogen and oxygen atoms in total. The number of nitrogens with zero attached hydrogens (tertiary/aromatic N) is 2. The highest BCUT2D eigenvalue weighted by molar-refractivity contribution is 5.85. The van der Waals surface area contributed by atoms with Gasteiger partial charge in [-0.3, -0.25) is 19.4 Å². The van der Waals surface area contributed by atoms with E-state index in [2.05, 4.69) is 10.2 Å². The van der Waals surface area contributed by atoms with E-state index < -0.39 is 5.97 Å². The standard InChI is InChI=1S/C18H26FN3O3.ClH/c1-13-3-4-14(9-16(13)19)10-20-17(23)11-22-7-5-15(6-8-22)21(2)12-18(24)25;/h3-4,9,15H,5-8,10-12H2,1-2H3,(H,20,23)(H,24,25);1H. The summed E-state index contributed by atoms with van der Waals surface area (Å²) in [6.45, 7) is 3.90. The summed E-state index contributed by atoms with van der Waals surface area (Å²) in [5, 5.41) is 11.7. The van der Waals surface area contributed by atoms with Crippen LogP contribution in [-0.4, -0.2) is 66.1 Å². The molecule has 2 N–H and O–H groups in total. The highest BCUT2D eigenvalue weighted by Crippen LogP contribution is 2.15. The third-order valence-electron chi connectivity index (χ3n) is 4.66. The topological polar surface area (TPSA) is 72.9 Å². The number of nitrogens with one attached hydrogen (secondary N) is 1. The first kappa shape index (κ1) is 22.3. The maximum atomic E-state index is 13.5. The van der Waals surface area contributed by atoms with Crippen molar-refractivity contribution in [1.82, 2.24) is 15.1 Å². The third kappa shape index (κ3) is 6.90. The summed E-state index contributed by atoms with van der Waals surface area (Å²) < 4.78 is 13.5. The van der Waals surface area contributed by atoms with E-state index in [9.17, 15) is 14.0 Å². The van der Waals surface area contributed by atoms with Crippen LogP contribution in [-0.2, 0) is 16.1 Å². The van der Waals surface area contributed by atoms with E-state index in [0.717, 1.165) is 31.5 Å². The lowest BCUT2D eigenvalue weighted by Crippen LogP contribution is -2.47. The Hall–Kier alpha value is -1.70. The van der Waals surface area contributed by atoms with Gasteiger partial charge in [-0.05, 0) is 44.0 Å². The summed E-state index contributed by atoms with van der Waals surface area (Å²) >= 11 is 0. The third-order valence-corrected chi connectivity index (χ3v) is 4.66. The molecule has 1 aliphatic rings. The minimum Gasteiger partial charge on any atom is -0.480 e. The van der Waals surface area contributed by atoms with Crippen molar-refractivity contribution in [3.63, 3.8) is 0 Å². The largest absolute Gasteiger partial charge is 0.480 e. The Morgan fingerprint density at radius 2 is 2.00 bits per heavy atom. The second-order valence-electron chi connectivity index (χ2n) is 6.68. The molecule has 0 aromatic heterocycles. The zero-order chi connectivity index (χ0) is 18.4. The molecule has 1 saturated heterocycles. The van der Waals surface area contributed by atoms with Gasteiger partial charge in [0.05, 0.1) is 13.1 Å². The van der Waals surface area contributed by atoms with Gasteiger partial charge in [-0.15, -0.1) is 12.4 Å². The molecule has 2 rings (SSSR count). The van der Waals surface area contributed by atoms with Crippen LogP contribution < -0.4 is 5.32 Å². The summed E-state index contributed by atoms with van der Waals surface area (Å²) in [5.74, 6) is -1.17. The number of hydrogen-bond acceptors (Lipinski definition) is 4. The first-order valence-corrected chi connectivity index (χ1v) is 8.51. The van der Waals surface area contributed by atoms with Crippen molar-refractivity contribution in [2.75, 3.05) is 33.2 Å². The van der Waals surface area contributed by atoms with E-state index >= 15 is 0 Å². The Bertz CT molecular complexity index is 622. The quantitative estimate of drug-likeness (QED) is 0.744. The summed E-state index contributed by atoms with van der Waals surface area (Å²) in [6.07, 6.45) is 1.69. The maximum Gasteiger partial charge on any atom is 0.317 e. The smallest absolute Gasteiger partial charge is 0.317 e. The van der Waals surface area contributed by atoms with Gasteiger partial charge in [-0.2, -0.15) is 0 Å². The summed E-state index contributed by atoms with van der Waals surface area (Å²) in [4.78, 5) is 26.7. The average molecular weight is 388 g/mol. The van der Waals surface area contributed by atoms with Crippen molar-refractivity contribution >= 4 is 24.3 Å². The molecule has 0 unspecified atom stereocenters. The molecule has 1 aliphatic heterocycles. The van der Waals surface area contributed by atoms with Crippen molar-refractivity contribution in [3.8, 4) is 0 Å². The van der Waals surface area contributed by atoms with Gasteiger partial charge in [0.15, 0.2) is 0 Å². The zero-order valence-electron chi connectivity index (χ0n) is 15.2. The van der Waals surface area contributed by atoms with Gasteiger partial charge in [-0.25, -0.2) is 4.39 Å². The number of likely N-dealkylation sites (tertiary alicyclic amines) is 1. The number of amides is 1. The molecular formula is C18H27ClFN3O3.